The largest absolute Gasteiger partial charge is 0.341 e. The highest BCUT2D eigenvalue weighted by atomic mass is 32.1. The summed E-state index contributed by atoms with van der Waals surface area (Å²) in [5.74, 6) is 0.262. The highest BCUT2D eigenvalue weighted by molar-refractivity contribution is 7.80. The van der Waals surface area contributed by atoms with E-state index in [-0.39, 0.29) is 5.91 Å². The van der Waals surface area contributed by atoms with Crippen LogP contribution in [0.25, 0.3) is 0 Å². The van der Waals surface area contributed by atoms with Crippen molar-refractivity contribution in [3.63, 3.8) is 0 Å². The SMILES string of the molecule is CN1C2CCC1CN(C(=O)Cc1ccc(S)cc1)CC2. The van der Waals surface area contributed by atoms with Crippen molar-refractivity contribution in [3.8, 4) is 0 Å². The maximum absolute atomic E-state index is 12.5. The molecule has 0 aromatic heterocycles. The fourth-order valence-electron chi connectivity index (χ4n) is 3.44. The normalized spacial score (nSPS) is 26.6. The van der Waals surface area contributed by atoms with Crippen molar-refractivity contribution in [2.75, 3.05) is 20.1 Å². The molecule has 2 heterocycles. The molecule has 1 aromatic rings. The summed E-state index contributed by atoms with van der Waals surface area (Å²) in [6.45, 7) is 1.81. The van der Waals surface area contributed by atoms with Crippen LogP contribution in [-0.4, -0.2) is 47.9 Å². The van der Waals surface area contributed by atoms with Gasteiger partial charge in [-0.1, -0.05) is 12.1 Å². The molecule has 1 aromatic carbocycles. The fraction of sp³-hybridized carbons (Fsp3) is 0.562. The Morgan fingerprint density at radius 1 is 1.20 bits per heavy atom. The van der Waals surface area contributed by atoms with E-state index in [0.717, 1.165) is 30.0 Å². The third-order valence-corrected chi connectivity index (χ3v) is 5.09. The van der Waals surface area contributed by atoms with Crippen LogP contribution in [0, 0.1) is 0 Å². The molecule has 2 bridgehead atoms. The van der Waals surface area contributed by atoms with E-state index >= 15 is 0 Å². The minimum atomic E-state index is 0.262. The van der Waals surface area contributed by atoms with Gasteiger partial charge in [0.15, 0.2) is 0 Å². The molecule has 20 heavy (non-hydrogen) atoms. The zero-order valence-electron chi connectivity index (χ0n) is 12.0. The smallest absolute Gasteiger partial charge is 0.227 e. The number of hydrogen-bond donors (Lipinski definition) is 1. The molecule has 108 valence electrons. The minimum Gasteiger partial charge on any atom is -0.341 e. The molecule has 0 radical (unpaired) electrons. The van der Waals surface area contributed by atoms with Gasteiger partial charge in [-0.05, 0) is 44.0 Å². The van der Waals surface area contributed by atoms with Crippen LogP contribution in [0.15, 0.2) is 29.2 Å². The topological polar surface area (TPSA) is 23.6 Å². The number of fused-ring (bicyclic) bond motifs is 2. The summed E-state index contributed by atoms with van der Waals surface area (Å²) in [6, 6.07) is 9.13. The molecular weight excluding hydrogens is 268 g/mol. The number of benzene rings is 1. The Morgan fingerprint density at radius 2 is 1.90 bits per heavy atom. The minimum absolute atomic E-state index is 0.262. The maximum Gasteiger partial charge on any atom is 0.227 e. The summed E-state index contributed by atoms with van der Waals surface area (Å²) in [7, 11) is 2.21. The number of amides is 1. The van der Waals surface area contributed by atoms with E-state index in [1.165, 1.54) is 12.8 Å². The van der Waals surface area contributed by atoms with Gasteiger partial charge in [0.1, 0.15) is 0 Å². The summed E-state index contributed by atoms with van der Waals surface area (Å²) in [6.07, 6.45) is 4.16. The third kappa shape index (κ3) is 2.86. The van der Waals surface area contributed by atoms with Crippen LogP contribution in [0.5, 0.6) is 0 Å². The van der Waals surface area contributed by atoms with Crippen LogP contribution >= 0.6 is 12.6 Å². The van der Waals surface area contributed by atoms with Gasteiger partial charge in [0, 0.05) is 30.1 Å². The number of carbonyl (C=O) groups is 1. The highest BCUT2D eigenvalue weighted by Gasteiger charge is 2.35. The van der Waals surface area contributed by atoms with Gasteiger partial charge in [-0.25, -0.2) is 0 Å². The summed E-state index contributed by atoms with van der Waals surface area (Å²) in [5.41, 5.74) is 1.08. The van der Waals surface area contributed by atoms with Crippen molar-refractivity contribution in [1.29, 1.82) is 0 Å². The van der Waals surface area contributed by atoms with Gasteiger partial charge in [-0.15, -0.1) is 12.6 Å². The van der Waals surface area contributed by atoms with Crippen LogP contribution in [-0.2, 0) is 11.2 Å². The van der Waals surface area contributed by atoms with E-state index in [4.69, 9.17) is 0 Å². The highest BCUT2D eigenvalue weighted by Crippen LogP contribution is 2.28. The first-order valence-electron chi connectivity index (χ1n) is 7.41. The maximum atomic E-state index is 12.5. The summed E-state index contributed by atoms with van der Waals surface area (Å²) in [5, 5.41) is 0. The summed E-state index contributed by atoms with van der Waals surface area (Å²) < 4.78 is 0. The Bertz CT molecular complexity index is 488. The second-order valence-electron chi connectivity index (χ2n) is 6.02. The lowest BCUT2D eigenvalue weighted by molar-refractivity contribution is -0.130. The predicted octanol–water partition coefficient (Wildman–Crippen LogP) is 2.21. The molecule has 1 amide bonds. The van der Waals surface area contributed by atoms with Crippen LogP contribution in [0.1, 0.15) is 24.8 Å². The van der Waals surface area contributed by atoms with Crippen molar-refractivity contribution in [3.05, 3.63) is 29.8 Å². The molecule has 0 spiro atoms. The molecular formula is C16H22N2OS. The first-order chi connectivity index (χ1) is 9.63. The molecule has 2 saturated heterocycles. The van der Waals surface area contributed by atoms with Crippen LogP contribution in [0.2, 0.25) is 0 Å². The van der Waals surface area contributed by atoms with E-state index < -0.39 is 0 Å². The van der Waals surface area contributed by atoms with Gasteiger partial charge in [0.25, 0.3) is 0 Å². The first-order valence-corrected chi connectivity index (χ1v) is 7.86. The summed E-state index contributed by atoms with van der Waals surface area (Å²) in [4.78, 5) is 18.0. The molecule has 0 aliphatic carbocycles. The van der Waals surface area contributed by atoms with E-state index in [0.29, 0.717) is 18.5 Å². The lowest BCUT2D eigenvalue weighted by Gasteiger charge is -2.26. The molecule has 3 rings (SSSR count). The Balaban J connectivity index is 1.64. The van der Waals surface area contributed by atoms with Crippen molar-refractivity contribution in [2.45, 2.75) is 42.7 Å². The number of rotatable bonds is 2. The molecule has 2 atom stereocenters. The number of carbonyl (C=O) groups excluding carboxylic acids is 1. The Hall–Kier alpha value is -1.00. The van der Waals surface area contributed by atoms with Crippen LogP contribution < -0.4 is 0 Å². The summed E-state index contributed by atoms with van der Waals surface area (Å²) >= 11 is 4.28. The molecule has 3 nitrogen and oxygen atoms in total. The van der Waals surface area contributed by atoms with Gasteiger partial charge in [-0.3, -0.25) is 9.69 Å². The zero-order chi connectivity index (χ0) is 14.1. The lowest BCUT2D eigenvalue weighted by atomic mass is 10.1. The number of likely N-dealkylation sites (N-methyl/N-ethyl adjacent to an activating group) is 1. The zero-order valence-corrected chi connectivity index (χ0v) is 12.9. The van der Waals surface area contributed by atoms with E-state index in [1.54, 1.807) is 0 Å². The quantitative estimate of drug-likeness (QED) is 0.844. The monoisotopic (exact) mass is 290 g/mol. The van der Waals surface area contributed by atoms with Gasteiger partial charge < -0.3 is 4.90 Å². The second-order valence-corrected chi connectivity index (χ2v) is 6.54. The molecule has 2 fully saturated rings. The number of nitrogens with zero attached hydrogens (tertiary/aromatic N) is 2. The molecule has 0 saturated carbocycles. The van der Waals surface area contributed by atoms with Crippen molar-refractivity contribution in [2.24, 2.45) is 0 Å². The average molecular weight is 290 g/mol. The predicted molar refractivity (Wildman–Crippen MR) is 83.2 cm³/mol. The number of likely N-dealkylation sites (tertiary alicyclic amines) is 1. The Morgan fingerprint density at radius 3 is 2.65 bits per heavy atom. The standard InChI is InChI=1S/C16H22N2OS/c1-17-13-4-5-14(17)11-18(9-8-13)16(19)10-12-2-6-15(20)7-3-12/h2-3,6-7,13-14,20H,4-5,8-11H2,1H3. The molecule has 2 aliphatic rings. The van der Waals surface area contributed by atoms with Crippen LogP contribution in [0.3, 0.4) is 0 Å². The molecule has 2 aliphatic heterocycles. The number of thiol groups is 1. The van der Waals surface area contributed by atoms with Crippen LogP contribution in [0.4, 0.5) is 0 Å². The first kappa shape index (κ1) is 14.0. The van der Waals surface area contributed by atoms with Gasteiger partial charge in [0.05, 0.1) is 6.42 Å². The van der Waals surface area contributed by atoms with E-state index in [2.05, 4.69) is 29.5 Å². The Kier molecular flexibility index (Phi) is 4.03. The van der Waals surface area contributed by atoms with E-state index in [1.807, 2.05) is 24.3 Å². The van der Waals surface area contributed by atoms with Gasteiger partial charge >= 0.3 is 0 Å². The van der Waals surface area contributed by atoms with Crippen molar-refractivity contribution < 1.29 is 4.79 Å². The fourth-order valence-corrected chi connectivity index (χ4v) is 3.58. The molecule has 0 N–H and O–H groups in total. The van der Waals surface area contributed by atoms with E-state index in [9.17, 15) is 4.79 Å². The number of hydrogen-bond acceptors (Lipinski definition) is 3. The second kappa shape index (κ2) is 5.78. The third-order valence-electron chi connectivity index (χ3n) is 4.79. The molecule has 2 unspecified atom stereocenters. The van der Waals surface area contributed by atoms with Crippen molar-refractivity contribution in [1.82, 2.24) is 9.80 Å². The van der Waals surface area contributed by atoms with Gasteiger partial charge in [-0.2, -0.15) is 0 Å². The lowest BCUT2D eigenvalue weighted by Crippen LogP contribution is -2.40. The Labute approximate surface area is 126 Å². The van der Waals surface area contributed by atoms with Crippen molar-refractivity contribution >= 4 is 18.5 Å². The molecule has 4 heteroatoms. The van der Waals surface area contributed by atoms with Gasteiger partial charge in [0.2, 0.25) is 5.91 Å². The average Bonchev–Trinajstić information content (AvgIpc) is 2.66.